The summed E-state index contributed by atoms with van der Waals surface area (Å²) in [6.45, 7) is 5.38. The molecule has 2 aliphatic rings. The molecule has 0 saturated carbocycles. The van der Waals surface area contributed by atoms with Crippen molar-refractivity contribution in [2.75, 3.05) is 38.2 Å². The minimum Gasteiger partial charge on any atom is -0.497 e. The Labute approximate surface area is 195 Å². The molecule has 1 aromatic heterocycles. The molecule has 0 aliphatic carbocycles. The molecule has 0 N–H and O–H groups in total. The number of nitro groups is 1. The van der Waals surface area contributed by atoms with Gasteiger partial charge >= 0.3 is 5.69 Å². The molecule has 1 aromatic carbocycles. The molecule has 0 atom stereocenters. The molecule has 3 heterocycles. The Kier molecular flexibility index (Phi) is 7.42. The summed E-state index contributed by atoms with van der Waals surface area (Å²) in [6, 6.07) is 8.09. The third-order valence-corrected chi connectivity index (χ3v) is 6.49. The molecule has 2 aromatic rings. The molecule has 0 spiro atoms. The Morgan fingerprint density at radius 2 is 1.73 bits per heavy atom. The molecule has 0 unspecified atom stereocenters. The number of methoxy groups -OCH3 is 1. The van der Waals surface area contributed by atoms with E-state index in [1.54, 1.807) is 7.11 Å². The topological polar surface area (TPSA) is 84.6 Å². The monoisotopic (exact) mass is 451 g/mol. The molecular weight excluding hydrogens is 418 g/mol. The average Bonchev–Trinajstić information content (AvgIpc) is 3.37. The van der Waals surface area contributed by atoms with Crippen LogP contribution >= 0.6 is 0 Å². The maximum atomic E-state index is 12.2. The zero-order valence-electron chi connectivity index (χ0n) is 19.6. The van der Waals surface area contributed by atoms with Gasteiger partial charge < -0.3 is 14.5 Å². The Hall–Kier alpha value is -3.16. The molecule has 4 rings (SSSR count). The summed E-state index contributed by atoms with van der Waals surface area (Å²) in [5.74, 6) is 1.88. The zero-order chi connectivity index (χ0) is 23.2. The van der Waals surface area contributed by atoms with E-state index in [2.05, 4.69) is 31.9 Å². The first kappa shape index (κ1) is 23.0. The first-order valence-corrected chi connectivity index (χ1v) is 11.9. The number of allylic oxidation sites excluding steroid dienone is 1. The van der Waals surface area contributed by atoms with E-state index in [4.69, 9.17) is 4.74 Å². The molecule has 176 valence electrons. The summed E-state index contributed by atoms with van der Waals surface area (Å²) < 4.78 is 5.26. The second kappa shape index (κ2) is 10.6. The van der Waals surface area contributed by atoms with Gasteiger partial charge in [-0.1, -0.05) is 12.1 Å². The number of anilines is 1. The number of hydrogen-bond donors (Lipinski definition) is 0. The van der Waals surface area contributed by atoms with Gasteiger partial charge in [0, 0.05) is 31.9 Å². The van der Waals surface area contributed by atoms with Crippen LogP contribution < -0.4 is 9.64 Å². The molecular formula is C25H33N5O3. The Morgan fingerprint density at radius 1 is 1.06 bits per heavy atom. The number of rotatable bonds is 8. The van der Waals surface area contributed by atoms with Gasteiger partial charge in [-0.15, -0.1) is 0 Å². The van der Waals surface area contributed by atoms with Crippen LogP contribution in [0.15, 0.2) is 30.0 Å². The third-order valence-electron chi connectivity index (χ3n) is 6.49. The van der Waals surface area contributed by atoms with Crippen molar-refractivity contribution >= 4 is 17.6 Å². The molecule has 2 aliphatic heterocycles. The van der Waals surface area contributed by atoms with Crippen LogP contribution in [0.5, 0.6) is 5.75 Å². The number of hydrogen-bond acceptors (Lipinski definition) is 7. The van der Waals surface area contributed by atoms with Gasteiger partial charge in [-0.3, -0.25) is 10.1 Å². The summed E-state index contributed by atoms with van der Waals surface area (Å²) in [7, 11) is 1.66. The number of piperidine rings is 1. The lowest BCUT2D eigenvalue weighted by Crippen LogP contribution is -2.31. The van der Waals surface area contributed by atoms with Gasteiger partial charge in [0.1, 0.15) is 17.3 Å². The molecule has 2 fully saturated rings. The van der Waals surface area contributed by atoms with Crippen LogP contribution in [0.3, 0.4) is 0 Å². The van der Waals surface area contributed by atoms with Crippen LogP contribution in [0, 0.1) is 17.0 Å². The number of nitrogens with zero attached hydrogens (tertiary/aromatic N) is 5. The second-order valence-corrected chi connectivity index (χ2v) is 8.81. The summed E-state index contributed by atoms with van der Waals surface area (Å²) in [5.41, 5.74) is 2.77. The van der Waals surface area contributed by atoms with Crippen LogP contribution in [-0.4, -0.2) is 53.1 Å². The van der Waals surface area contributed by atoms with Gasteiger partial charge in [0.25, 0.3) is 0 Å². The normalized spacial score (nSPS) is 16.8. The van der Waals surface area contributed by atoms with Crippen molar-refractivity contribution in [1.82, 2.24) is 14.9 Å². The van der Waals surface area contributed by atoms with Crippen LogP contribution in [0.1, 0.15) is 55.6 Å². The van der Waals surface area contributed by atoms with E-state index in [-0.39, 0.29) is 10.6 Å². The van der Waals surface area contributed by atoms with Crippen molar-refractivity contribution < 1.29 is 9.66 Å². The van der Waals surface area contributed by atoms with E-state index >= 15 is 0 Å². The van der Waals surface area contributed by atoms with Gasteiger partial charge in [-0.2, -0.15) is 0 Å². The van der Waals surface area contributed by atoms with Crippen LogP contribution in [0.25, 0.3) is 6.08 Å². The predicted molar refractivity (Wildman–Crippen MR) is 130 cm³/mol. The van der Waals surface area contributed by atoms with E-state index in [9.17, 15) is 10.1 Å². The minimum atomic E-state index is -0.305. The molecule has 0 radical (unpaired) electrons. The number of ether oxygens (including phenoxy) is 1. The standard InChI is InChI=1S/C25H33N5O3/c1-19-26-23(24(30(31)32)25(27-19)29-16-4-3-5-17-29)18-21(28-14-6-7-15-28)11-8-20-9-12-22(33-2)13-10-20/h9-10,12-13,18H,3-8,11,14-17H2,1-2H3/b21-18-. The number of benzene rings is 1. The average molecular weight is 452 g/mol. The Bertz CT molecular complexity index is 994. The van der Waals surface area contributed by atoms with E-state index < -0.39 is 0 Å². The van der Waals surface area contributed by atoms with Crippen molar-refractivity contribution in [3.63, 3.8) is 0 Å². The second-order valence-electron chi connectivity index (χ2n) is 8.81. The van der Waals surface area contributed by atoms with E-state index in [1.807, 2.05) is 25.1 Å². The molecule has 2 saturated heterocycles. The summed E-state index contributed by atoms with van der Waals surface area (Å²) in [5, 5.41) is 12.2. The van der Waals surface area contributed by atoms with Gasteiger partial charge in [-0.05, 0) is 75.6 Å². The lowest BCUT2D eigenvalue weighted by atomic mass is 10.1. The first-order valence-electron chi connectivity index (χ1n) is 11.9. The van der Waals surface area contributed by atoms with Crippen molar-refractivity contribution in [3.8, 4) is 5.75 Å². The lowest BCUT2D eigenvalue weighted by molar-refractivity contribution is -0.384. The zero-order valence-corrected chi connectivity index (χ0v) is 19.6. The highest BCUT2D eigenvalue weighted by molar-refractivity contribution is 5.70. The molecule has 8 nitrogen and oxygen atoms in total. The highest BCUT2D eigenvalue weighted by Crippen LogP contribution is 2.33. The van der Waals surface area contributed by atoms with Crippen molar-refractivity contribution in [2.45, 2.75) is 51.9 Å². The van der Waals surface area contributed by atoms with Crippen molar-refractivity contribution in [3.05, 3.63) is 57.2 Å². The lowest BCUT2D eigenvalue weighted by Gasteiger charge is -2.28. The Balaban J connectivity index is 1.67. The quantitative estimate of drug-likeness (QED) is 0.422. The smallest absolute Gasteiger partial charge is 0.337 e. The maximum Gasteiger partial charge on any atom is 0.337 e. The molecule has 0 amide bonds. The van der Waals surface area contributed by atoms with Crippen LogP contribution in [-0.2, 0) is 6.42 Å². The maximum absolute atomic E-state index is 12.2. The minimum absolute atomic E-state index is 0.0312. The largest absolute Gasteiger partial charge is 0.497 e. The van der Waals surface area contributed by atoms with Gasteiger partial charge in [0.05, 0.1) is 12.0 Å². The van der Waals surface area contributed by atoms with Gasteiger partial charge in [0.2, 0.25) is 5.82 Å². The summed E-state index contributed by atoms with van der Waals surface area (Å²) in [6.07, 6.45) is 9.10. The highest BCUT2D eigenvalue weighted by atomic mass is 16.6. The number of likely N-dealkylation sites (tertiary alicyclic amines) is 1. The molecule has 0 bridgehead atoms. The first-order chi connectivity index (χ1) is 16.0. The fourth-order valence-electron chi connectivity index (χ4n) is 4.72. The van der Waals surface area contributed by atoms with Crippen LogP contribution in [0.4, 0.5) is 11.5 Å². The van der Waals surface area contributed by atoms with E-state index in [1.165, 1.54) is 5.56 Å². The van der Waals surface area contributed by atoms with Crippen molar-refractivity contribution in [2.24, 2.45) is 0 Å². The number of aromatic nitrogens is 2. The fraction of sp³-hybridized carbons (Fsp3) is 0.520. The van der Waals surface area contributed by atoms with Crippen LogP contribution in [0.2, 0.25) is 0 Å². The molecule has 33 heavy (non-hydrogen) atoms. The van der Waals surface area contributed by atoms with Gasteiger partial charge in [-0.25, -0.2) is 9.97 Å². The third kappa shape index (κ3) is 5.61. The fourth-order valence-corrected chi connectivity index (χ4v) is 4.72. The van der Waals surface area contributed by atoms with E-state index in [0.717, 1.165) is 82.6 Å². The van der Waals surface area contributed by atoms with E-state index in [0.29, 0.717) is 17.3 Å². The van der Waals surface area contributed by atoms with Gasteiger partial charge in [0.15, 0.2) is 0 Å². The Morgan fingerprint density at radius 3 is 2.36 bits per heavy atom. The van der Waals surface area contributed by atoms with Crippen molar-refractivity contribution in [1.29, 1.82) is 0 Å². The number of aryl methyl sites for hydroxylation is 2. The predicted octanol–water partition coefficient (Wildman–Crippen LogP) is 4.76. The SMILES string of the molecule is COc1ccc(CC/C(=C/c2nc(C)nc(N3CCCCC3)c2[N+](=O)[O-])N2CCCC2)cc1. The highest BCUT2D eigenvalue weighted by Gasteiger charge is 2.28. The summed E-state index contributed by atoms with van der Waals surface area (Å²) >= 11 is 0. The molecule has 8 heteroatoms. The summed E-state index contributed by atoms with van der Waals surface area (Å²) in [4.78, 5) is 25.3.